The molecule has 1 saturated carbocycles. The Bertz CT molecular complexity index is 1170. The van der Waals surface area contributed by atoms with E-state index >= 15 is 0 Å². The first-order valence-corrected chi connectivity index (χ1v) is 12.7. The minimum atomic E-state index is -0.571. The maximum absolute atomic E-state index is 12.6. The lowest BCUT2D eigenvalue weighted by Crippen LogP contribution is -2.45. The second-order valence-electron chi connectivity index (χ2n) is 9.13. The molecule has 0 bridgehead atoms. The van der Waals surface area contributed by atoms with Gasteiger partial charge in [0.15, 0.2) is 0 Å². The lowest BCUT2D eigenvalue weighted by atomic mass is 9.88. The van der Waals surface area contributed by atoms with E-state index in [1.165, 1.54) is 6.42 Å². The first kappa shape index (κ1) is 25.2. The first-order chi connectivity index (χ1) is 17.7. The average molecular weight is 483 g/mol. The summed E-state index contributed by atoms with van der Waals surface area (Å²) in [6.45, 7) is 0.355. The number of amides is 2. The number of rotatable bonds is 8. The molecule has 3 aromatic carbocycles. The third-order valence-corrected chi connectivity index (χ3v) is 6.67. The number of ether oxygens (including phenoxy) is 1. The molecule has 0 saturated heterocycles. The third-order valence-electron chi connectivity index (χ3n) is 6.67. The molecule has 0 aromatic heterocycles. The van der Waals surface area contributed by atoms with Crippen molar-refractivity contribution in [1.29, 1.82) is 0 Å². The van der Waals surface area contributed by atoms with Crippen LogP contribution < -0.4 is 15.4 Å². The van der Waals surface area contributed by atoms with Crippen LogP contribution in [0.1, 0.15) is 55.2 Å². The summed E-state index contributed by atoms with van der Waals surface area (Å²) in [6.07, 6.45) is 5.87. The van der Waals surface area contributed by atoms with Crippen molar-refractivity contribution in [2.24, 2.45) is 0 Å². The maximum atomic E-state index is 12.6. The molecule has 0 radical (unpaired) electrons. The van der Waals surface area contributed by atoms with Crippen molar-refractivity contribution < 1.29 is 14.3 Å². The zero-order valence-corrected chi connectivity index (χ0v) is 20.8. The molecule has 0 heterocycles. The van der Waals surface area contributed by atoms with E-state index in [1.54, 1.807) is 7.11 Å². The summed E-state index contributed by atoms with van der Waals surface area (Å²) in [5.41, 5.74) is 5.41. The van der Waals surface area contributed by atoms with E-state index in [1.807, 2.05) is 48.5 Å². The van der Waals surface area contributed by atoms with Gasteiger partial charge in [-0.1, -0.05) is 92.1 Å². The highest BCUT2D eigenvalue weighted by Crippen LogP contribution is 2.35. The van der Waals surface area contributed by atoms with Crippen molar-refractivity contribution in [1.82, 2.24) is 10.6 Å². The van der Waals surface area contributed by atoms with Crippen LogP contribution in [0.3, 0.4) is 0 Å². The van der Waals surface area contributed by atoms with Crippen molar-refractivity contribution >= 4 is 23.0 Å². The van der Waals surface area contributed by atoms with Gasteiger partial charge in [0.1, 0.15) is 5.75 Å². The molecule has 36 heavy (non-hydrogen) atoms. The minimum absolute atomic E-state index is 0.108. The van der Waals surface area contributed by atoms with Gasteiger partial charge in [-0.2, -0.15) is 0 Å². The first-order valence-electron chi connectivity index (χ1n) is 12.7. The van der Waals surface area contributed by atoms with Crippen molar-refractivity contribution in [2.75, 3.05) is 13.7 Å². The van der Waals surface area contributed by atoms with Crippen LogP contribution in [0.5, 0.6) is 5.75 Å². The summed E-state index contributed by atoms with van der Waals surface area (Å²) in [4.78, 5) is 25.0. The maximum Gasteiger partial charge on any atom is 0.309 e. The standard InChI is InChI=1S/C31H34N2O3/c1-36-27-19-17-25(18-20-27)29(24-13-7-3-8-14-24)28(23-11-5-2-6-12-23)21-22-32-30(34)31(35)33-26-15-9-4-10-16-26/h2-3,5-8,11-14,17-20,26H,4,9-10,15-16,21-22H2,1H3,(H,32,34)(H,33,35)/b29-28-. The molecule has 5 nitrogen and oxygen atoms in total. The van der Waals surface area contributed by atoms with E-state index in [-0.39, 0.29) is 6.04 Å². The summed E-state index contributed by atoms with van der Waals surface area (Å²) in [5, 5.41) is 5.74. The predicted octanol–water partition coefficient (Wildman–Crippen LogP) is 5.61. The average Bonchev–Trinajstić information content (AvgIpc) is 2.94. The monoisotopic (exact) mass is 482 g/mol. The van der Waals surface area contributed by atoms with Gasteiger partial charge in [0.25, 0.3) is 0 Å². The Morgan fingerprint density at radius 3 is 1.94 bits per heavy atom. The molecule has 0 spiro atoms. The Morgan fingerprint density at radius 1 is 0.750 bits per heavy atom. The van der Waals surface area contributed by atoms with Gasteiger partial charge in [0, 0.05) is 12.6 Å². The lowest BCUT2D eigenvalue weighted by molar-refractivity contribution is -0.139. The lowest BCUT2D eigenvalue weighted by Gasteiger charge is -2.22. The summed E-state index contributed by atoms with van der Waals surface area (Å²) in [6, 6.07) is 28.6. The fourth-order valence-electron chi connectivity index (χ4n) is 4.81. The topological polar surface area (TPSA) is 67.4 Å². The van der Waals surface area contributed by atoms with Crippen molar-refractivity contribution in [3.63, 3.8) is 0 Å². The van der Waals surface area contributed by atoms with E-state index < -0.39 is 11.8 Å². The predicted molar refractivity (Wildman–Crippen MR) is 144 cm³/mol. The fraction of sp³-hybridized carbons (Fsp3) is 0.290. The highest BCUT2D eigenvalue weighted by Gasteiger charge is 2.21. The number of hydrogen-bond acceptors (Lipinski definition) is 3. The van der Waals surface area contributed by atoms with Gasteiger partial charge >= 0.3 is 11.8 Å². The van der Waals surface area contributed by atoms with E-state index in [2.05, 4.69) is 47.0 Å². The molecule has 2 N–H and O–H groups in total. The van der Waals surface area contributed by atoms with E-state index in [0.29, 0.717) is 13.0 Å². The van der Waals surface area contributed by atoms with Gasteiger partial charge in [-0.15, -0.1) is 0 Å². The number of methoxy groups -OCH3 is 1. The Morgan fingerprint density at radius 2 is 1.33 bits per heavy atom. The van der Waals surface area contributed by atoms with Crippen LogP contribution in [0.4, 0.5) is 0 Å². The SMILES string of the molecule is COc1ccc(/C(=C(/CCNC(=O)C(=O)NC2CCCCC2)c2ccccc2)c2ccccc2)cc1. The highest BCUT2D eigenvalue weighted by atomic mass is 16.5. The van der Waals surface area contributed by atoms with Crippen LogP contribution in [0.25, 0.3) is 11.1 Å². The number of carbonyl (C=O) groups excluding carboxylic acids is 2. The van der Waals surface area contributed by atoms with Crippen molar-refractivity contribution in [2.45, 2.75) is 44.6 Å². The van der Waals surface area contributed by atoms with Crippen LogP contribution >= 0.6 is 0 Å². The normalized spacial score (nSPS) is 14.5. The summed E-state index contributed by atoms with van der Waals surface area (Å²) < 4.78 is 5.37. The Balaban J connectivity index is 1.60. The molecule has 1 aliphatic carbocycles. The van der Waals surface area contributed by atoms with Crippen LogP contribution in [0.2, 0.25) is 0 Å². The Hall–Kier alpha value is -3.86. The number of nitrogens with one attached hydrogen (secondary N) is 2. The van der Waals surface area contributed by atoms with Crippen molar-refractivity contribution in [3.05, 3.63) is 102 Å². The number of benzene rings is 3. The molecule has 5 heteroatoms. The van der Waals surface area contributed by atoms with Crippen LogP contribution in [-0.2, 0) is 9.59 Å². The van der Waals surface area contributed by atoms with E-state index in [4.69, 9.17) is 4.74 Å². The second kappa shape index (κ2) is 12.7. The molecule has 4 rings (SSSR count). The van der Waals surface area contributed by atoms with Gasteiger partial charge in [-0.05, 0) is 59.2 Å². The fourth-order valence-corrected chi connectivity index (χ4v) is 4.81. The summed E-state index contributed by atoms with van der Waals surface area (Å²) >= 11 is 0. The summed E-state index contributed by atoms with van der Waals surface area (Å²) in [5.74, 6) is -0.312. The van der Waals surface area contributed by atoms with Gasteiger partial charge in [-0.25, -0.2) is 0 Å². The molecule has 1 fully saturated rings. The van der Waals surface area contributed by atoms with Gasteiger partial charge in [0.05, 0.1) is 7.11 Å². The molecule has 0 unspecified atom stereocenters. The van der Waals surface area contributed by atoms with E-state index in [0.717, 1.165) is 59.3 Å². The summed E-state index contributed by atoms with van der Waals surface area (Å²) in [7, 11) is 1.66. The number of hydrogen-bond donors (Lipinski definition) is 2. The molecular formula is C31H34N2O3. The third kappa shape index (κ3) is 6.63. The van der Waals surface area contributed by atoms with Crippen LogP contribution in [0.15, 0.2) is 84.9 Å². The largest absolute Gasteiger partial charge is 0.497 e. The minimum Gasteiger partial charge on any atom is -0.497 e. The molecule has 3 aromatic rings. The number of carbonyl (C=O) groups is 2. The zero-order chi connectivity index (χ0) is 25.2. The van der Waals surface area contributed by atoms with Gasteiger partial charge in [0.2, 0.25) is 0 Å². The smallest absolute Gasteiger partial charge is 0.309 e. The van der Waals surface area contributed by atoms with Crippen LogP contribution in [-0.4, -0.2) is 31.5 Å². The molecule has 2 amide bonds. The Kier molecular flexibility index (Phi) is 8.92. The Labute approximate surface area is 213 Å². The molecule has 0 aliphatic heterocycles. The zero-order valence-electron chi connectivity index (χ0n) is 20.8. The van der Waals surface area contributed by atoms with Gasteiger partial charge < -0.3 is 15.4 Å². The molecule has 0 atom stereocenters. The molecular weight excluding hydrogens is 448 g/mol. The molecule has 1 aliphatic rings. The second-order valence-corrected chi connectivity index (χ2v) is 9.13. The van der Waals surface area contributed by atoms with Gasteiger partial charge in [-0.3, -0.25) is 9.59 Å². The molecule has 186 valence electrons. The van der Waals surface area contributed by atoms with Crippen LogP contribution in [0, 0.1) is 0 Å². The highest BCUT2D eigenvalue weighted by molar-refractivity contribution is 6.35. The quantitative estimate of drug-likeness (QED) is 0.324. The van der Waals surface area contributed by atoms with E-state index in [9.17, 15) is 9.59 Å². The van der Waals surface area contributed by atoms with Crippen molar-refractivity contribution in [3.8, 4) is 5.75 Å².